The van der Waals surface area contributed by atoms with Gasteiger partial charge in [0.2, 0.25) is 5.91 Å². The molecule has 0 aromatic heterocycles. The van der Waals surface area contributed by atoms with Crippen LogP contribution in [0, 0.1) is 0 Å². The number of amides is 1. The summed E-state index contributed by atoms with van der Waals surface area (Å²) in [6, 6.07) is 0. The van der Waals surface area contributed by atoms with E-state index in [9.17, 15) is 4.79 Å². The van der Waals surface area contributed by atoms with E-state index in [0.29, 0.717) is 12.5 Å². The molecule has 2 rings (SSSR count). The molecule has 8 nitrogen and oxygen atoms in total. The average Bonchev–Trinajstić information content (AvgIpc) is 2.68. The second kappa shape index (κ2) is 12.8. The van der Waals surface area contributed by atoms with E-state index in [0.717, 1.165) is 52.3 Å². The van der Waals surface area contributed by atoms with E-state index in [2.05, 4.69) is 34.4 Å². The maximum absolute atomic E-state index is 11.9. The van der Waals surface area contributed by atoms with Gasteiger partial charge in [0.25, 0.3) is 0 Å². The molecule has 1 unspecified atom stereocenters. The Kier molecular flexibility index (Phi) is 11.6. The second-order valence-electron chi connectivity index (χ2n) is 8.09. The molecule has 0 bridgehead atoms. The number of carbonyl (C=O) groups excluding carboxylic acids is 1. The standard InChI is InChI=1S/C19H37N5O3.HI/c1-19(2,24-8-11-26-12-9-24)15-22-18(21-14-17(25)23(3)4)20-13-16-7-5-6-10-27-16;/h16H,5-15H2,1-4H3,(H2,20,21,22);1H. The highest BCUT2D eigenvalue weighted by molar-refractivity contribution is 14.0. The molecule has 0 aromatic rings. The highest BCUT2D eigenvalue weighted by atomic mass is 127. The Morgan fingerprint density at radius 2 is 1.89 bits per heavy atom. The predicted molar refractivity (Wildman–Crippen MR) is 122 cm³/mol. The van der Waals surface area contributed by atoms with Crippen molar-refractivity contribution in [1.82, 2.24) is 20.4 Å². The number of aliphatic imine (C=N–C) groups is 1. The Balaban J connectivity index is 0.00000392. The van der Waals surface area contributed by atoms with Crippen LogP contribution in [0.4, 0.5) is 0 Å². The van der Waals surface area contributed by atoms with Crippen molar-refractivity contribution in [3.05, 3.63) is 0 Å². The van der Waals surface area contributed by atoms with E-state index < -0.39 is 0 Å². The molecule has 2 N–H and O–H groups in total. The third kappa shape index (κ3) is 8.79. The monoisotopic (exact) mass is 511 g/mol. The van der Waals surface area contributed by atoms with Crippen molar-refractivity contribution < 1.29 is 14.3 Å². The SMILES string of the molecule is CN(C)C(=O)CN=C(NCC1CCCCO1)NCC(C)(C)N1CCOCC1.I. The van der Waals surface area contributed by atoms with Gasteiger partial charge in [0, 0.05) is 52.4 Å². The lowest BCUT2D eigenvalue weighted by molar-refractivity contribution is -0.127. The third-order valence-corrected chi connectivity index (χ3v) is 5.20. The number of likely N-dealkylation sites (N-methyl/N-ethyl adjacent to an activating group) is 1. The van der Waals surface area contributed by atoms with Crippen LogP contribution >= 0.6 is 24.0 Å². The molecule has 1 atom stereocenters. The largest absolute Gasteiger partial charge is 0.379 e. The van der Waals surface area contributed by atoms with Crippen LogP contribution in [-0.4, -0.2) is 99.9 Å². The summed E-state index contributed by atoms with van der Waals surface area (Å²) in [5, 5.41) is 6.78. The molecule has 2 fully saturated rings. The molecule has 0 spiro atoms. The summed E-state index contributed by atoms with van der Waals surface area (Å²) in [6.07, 6.45) is 3.62. The fourth-order valence-corrected chi connectivity index (χ4v) is 3.22. The average molecular weight is 511 g/mol. The van der Waals surface area contributed by atoms with Gasteiger partial charge in [-0.05, 0) is 33.1 Å². The molecule has 164 valence electrons. The fourth-order valence-electron chi connectivity index (χ4n) is 3.22. The summed E-state index contributed by atoms with van der Waals surface area (Å²) in [4.78, 5) is 20.4. The number of halogens is 1. The number of nitrogens with zero attached hydrogens (tertiary/aromatic N) is 3. The molecular formula is C19H38IN5O3. The third-order valence-electron chi connectivity index (χ3n) is 5.20. The summed E-state index contributed by atoms with van der Waals surface area (Å²) >= 11 is 0. The van der Waals surface area contributed by atoms with Crippen LogP contribution < -0.4 is 10.6 Å². The Labute approximate surface area is 186 Å². The van der Waals surface area contributed by atoms with Gasteiger partial charge >= 0.3 is 0 Å². The number of guanidine groups is 1. The van der Waals surface area contributed by atoms with Crippen molar-refractivity contribution in [3.63, 3.8) is 0 Å². The van der Waals surface area contributed by atoms with Crippen molar-refractivity contribution >= 4 is 35.8 Å². The second-order valence-corrected chi connectivity index (χ2v) is 8.09. The number of rotatable bonds is 7. The van der Waals surface area contributed by atoms with Crippen LogP contribution in [0.1, 0.15) is 33.1 Å². The minimum Gasteiger partial charge on any atom is -0.379 e. The number of hydrogen-bond acceptors (Lipinski definition) is 5. The van der Waals surface area contributed by atoms with E-state index in [-0.39, 0.29) is 48.1 Å². The van der Waals surface area contributed by atoms with Crippen LogP contribution in [0.5, 0.6) is 0 Å². The lowest BCUT2D eigenvalue weighted by atomic mass is 10.0. The van der Waals surface area contributed by atoms with E-state index in [1.165, 1.54) is 6.42 Å². The highest BCUT2D eigenvalue weighted by Gasteiger charge is 2.28. The van der Waals surface area contributed by atoms with Gasteiger partial charge in [0.1, 0.15) is 6.54 Å². The topological polar surface area (TPSA) is 78.4 Å². The maximum atomic E-state index is 11.9. The molecular weight excluding hydrogens is 473 g/mol. The van der Waals surface area contributed by atoms with Gasteiger partial charge < -0.3 is 25.0 Å². The van der Waals surface area contributed by atoms with Gasteiger partial charge in [0.15, 0.2) is 5.96 Å². The zero-order valence-corrected chi connectivity index (χ0v) is 20.2. The molecule has 28 heavy (non-hydrogen) atoms. The first kappa shape index (κ1) is 25.4. The van der Waals surface area contributed by atoms with Gasteiger partial charge in [-0.3, -0.25) is 9.69 Å². The number of nitrogens with one attached hydrogen (secondary N) is 2. The summed E-state index contributed by atoms with van der Waals surface area (Å²) in [5.74, 6) is 0.651. The lowest BCUT2D eigenvalue weighted by Crippen LogP contribution is -2.57. The lowest BCUT2D eigenvalue weighted by Gasteiger charge is -2.41. The summed E-state index contributed by atoms with van der Waals surface area (Å²) in [7, 11) is 3.49. The van der Waals surface area contributed by atoms with Crippen LogP contribution in [0.2, 0.25) is 0 Å². The van der Waals surface area contributed by atoms with E-state index in [1.807, 2.05) is 0 Å². The van der Waals surface area contributed by atoms with Gasteiger partial charge in [-0.2, -0.15) is 0 Å². The summed E-state index contributed by atoms with van der Waals surface area (Å²) < 4.78 is 11.2. The molecule has 2 saturated heterocycles. The number of morpholine rings is 1. The molecule has 1 amide bonds. The summed E-state index contributed by atoms with van der Waals surface area (Å²) in [5.41, 5.74) is -0.0286. The van der Waals surface area contributed by atoms with Crippen molar-refractivity contribution in [2.45, 2.75) is 44.8 Å². The molecule has 9 heteroatoms. The molecule has 0 aliphatic carbocycles. The minimum absolute atomic E-state index is 0. The van der Waals surface area contributed by atoms with E-state index >= 15 is 0 Å². The van der Waals surface area contributed by atoms with E-state index in [1.54, 1.807) is 19.0 Å². The quantitative estimate of drug-likeness (QED) is 0.301. The zero-order valence-electron chi connectivity index (χ0n) is 17.8. The van der Waals surface area contributed by atoms with Crippen molar-refractivity contribution in [2.75, 3.05) is 66.6 Å². The van der Waals surface area contributed by atoms with E-state index in [4.69, 9.17) is 9.47 Å². The number of carbonyl (C=O) groups is 1. The summed E-state index contributed by atoms with van der Waals surface area (Å²) in [6.45, 7) is 10.3. The molecule has 2 aliphatic heterocycles. The molecule has 0 radical (unpaired) electrons. The Bertz CT molecular complexity index is 490. The first-order valence-electron chi connectivity index (χ1n) is 10.1. The molecule has 2 aliphatic rings. The number of hydrogen-bond donors (Lipinski definition) is 2. The van der Waals surface area contributed by atoms with Crippen molar-refractivity contribution in [3.8, 4) is 0 Å². The van der Waals surface area contributed by atoms with Gasteiger partial charge in [-0.25, -0.2) is 4.99 Å². The predicted octanol–water partition coefficient (Wildman–Crippen LogP) is 0.908. The van der Waals surface area contributed by atoms with Gasteiger partial charge in [0.05, 0.1) is 19.3 Å². The maximum Gasteiger partial charge on any atom is 0.243 e. The van der Waals surface area contributed by atoms with Crippen LogP contribution in [0.3, 0.4) is 0 Å². The molecule has 2 heterocycles. The highest BCUT2D eigenvalue weighted by Crippen LogP contribution is 2.15. The first-order valence-corrected chi connectivity index (χ1v) is 10.1. The smallest absolute Gasteiger partial charge is 0.243 e. The van der Waals surface area contributed by atoms with Gasteiger partial charge in [-0.15, -0.1) is 24.0 Å². The normalized spacial score (nSPS) is 21.6. The van der Waals surface area contributed by atoms with Crippen LogP contribution in [0.25, 0.3) is 0 Å². The molecule has 0 aromatic carbocycles. The van der Waals surface area contributed by atoms with Crippen LogP contribution in [-0.2, 0) is 14.3 Å². The van der Waals surface area contributed by atoms with Crippen LogP contribution in [0.15, 0.2) is 4.99 Å². The van der Waals surface area contributed by atoms with Crippen molar-refractivity contribution in [1.29, 1.82) is 0 Å². The number of ether oxygens (including phenoxy) is 2. The fraction of sp³-hybridized carbons (Fsp3) is 0.895. The molecule has 0 saturated carbocycles. The van der Waals surface area contributed by atoms with Crippen molar-refractivity contribution in [2.24, 2.45) is 4.99 Å². The Hall–Kier alpha value is -0.650. The minimum atomic E-state index is -0.0286. The Morgan fingerprint density at radius 3 is 2.50 bits per heavy atom. The first-order chi connectivity index (χ1) is 12.9. The zero-order chi connectivity index (χ0) is 19.7. The van der Waals surface area contributed by atoms with Gasteiger partial charge in [-0.1, -0.05) is 0 Å². The Morgan fingerprint density at radius 1 is 1.18 bits per heavy atom.